The molecule has 0 aromatic heterocycles. The number of nitrogens with two attached hydrogens (primary N) is 2. The predicted molar refractivity (Wildman–Crippen MR) is 52.4 cm³/mol. The van der Waals surface area contributed by atoms with Crippen molar-refractivity contribution in [2.75, 3.05) is 6.54 Å². The summed E-state index contributed by atoms with van der Waals surface area (Å²) in [5.41, 5.74) is 10.9. The third kappa shape index (κ3) is 4.64. The van der Waals surface area contributed by atoms with Crippen LogP contribution < -0.4 is 11.5 Å². The summed E-state index contributed by atoms with van der Waals surface area (Å²) >= 11 is 4.58. The van der Waals surface area contributed by atoms with Crippen LogP contribution in [0, 0.1) is 5.92 Å². The van der Waals surface area contributed by atoms with Crippen LogP contribution in [-0.4, -0.2) is 17.7 Å². The summed E-state index contributed by atoms with van der Waals surface area (Å²) in [7, 11) is 0. The van der Waals surface area contributed by atoms with Crippen LogP contribution in [0.2, 0.25) is 0 Å². The topological polar surface area (TPSA) is 69.1 Å². The van der Waals surface area contributed by atoms with Crippen molar-refractivity contribution < 1.29 is 4.79 Å². The lowest BCUT2D eigenvalue weighted by Crippen LogP contribution is -2.32. The molecule has 0 bridgehead atoms. The first-order valence-electron chi connectivity index (χ1n) is 4.26. The Kier molecular flexibility index (Phi) is 6.24. The zero-order valence-electron chi connectivity index (χ0n) is 7.45. The maximum atomic E-state index is 10.9. The molecule has 0 radical (unpaired) electrons. The number of carbonyl (C=O) groups excluding carboxylic acids is 1. The van der Waals surface area contributed by atoms with Crippen molar-refractivity contribution in [3.63, 3.8) is 0 Å². The minimum atomic E-state index is -0.220. The van der Waals surface area contributed by atoms with Gasteiger partial charge in [0.1, 0.15) is 0 Å². The van der Waals surface area contributed by atoms with Crippen LogP contribution in [0.5, 0.6) is 0 Å². The van der Waals surface area contributed by atoms with Gasteiger partial charge in [0.2, 0.25) is 0 Å². The molecule has 0 fully saturated rings. The quantitative estimate of drug-likeness (QED) is 0.461. The average Bonchev–Trinajstić information content (AvgIpc) is 1.96. The van der Waals surface area contributed by atoms with E-state index in [1.807, 2.05) is 6.92 Å². The average molecular weight is 189 g/mol. The van der Waals surface area contributed by atoms with Crippen molar-refractivity contribution in [3.8, 4) is 0 Å². The van der Waals surface area contributed by atoms with E-state index in [1.54, 1.807) is 0 Å². The van der Waals surface area contributed by atoms with Gasteiger partial charge < -0.3 is 28.9 Å². The van der Waals surface area contributed by atoms with Crippen LogP contribution in [0.1, 0.15) is 26.2 Å². The van der Waals surface area contributed by atoms with Crippen LogP contribution >= 0.6 is 0 Å². The summed E-state index contributed by atoms with van der Waals surface area (Å²) in [5, 5.41) is -0.220. The summed E-state index contributed by atoms with van der Waals surface area (Å²) in [5.74, 6) is -0.161. The fourth-order valence-electron chi connectivity index (χ4n) is 1.10. The van der Waals surface area contributed by atoms with E-state index in [9.17, 15) is 4.79 Å². The summed E-state index contributed by atoms with van der Waals surface area (Å²) in [6.07, 6.45) is 2.65. The highest BCUT2D eigenvalue weighted by Crippen LogP contribution is 2.11. The molecular weight excluding hydrogens is 172 g/mol. The molecule has 0 aromatic carbocycles. The SMILES string of the molecule is CC(N)C(CCCCN)C(=O)[S-]. The van der Waals surface area contributed by atoms with Gasteiger partial charge in [-0.2, -0.15) is 0 Å². The normalized spacial score (nSPS) is 15.6. The summed E-state index contributed by atoms with van der Waals surface area (Å²) in [6, 6.07) is -0.132. The lowest BCUT2D eigenvalue weighted by atomic mass is 9.97. The largest absolute Gasteiger partial charge is 0.742 e. The van der Waals surface area contributed by atoms with Gasteiger partial charge in [0.05, 0.1) is 0 Å². The molecule has 72 valence electrons. The van der Waals surface area contributed by atoms with Crippen LogP contribution in [0.15, 0.2) is 0 Å². The second-order valence-electron chi connectivity index (χ2n) is 3.07. The second kappa shape index (κ2) is 6.34. The Morgan fingerprint density at radius 2 is 2.08 bits per heavy atom. The molecule has 4 N–H and O–H groups in total. The Balaban J connectivity index is 3.72. The van der Waals surface area contributed by atoms with Gasteiger partial charge in [-0.15, -0.1) is 0 Å². The van der Waals surface area contributed by atoms with Gasteiger partial charge >= 0.3 is 0 Å². The molecule has 0 saturated heterocycles. The standard InChI is InChI=1S/C8H18N2OS/c1-6(10)7(8(11)12)4-2-3-5-9/h6-7H,2-5,9-10H2,1H3,(H,11,12)/p-1. The lowest BCUT2D eigenvalue weighted by Gasteiger charge is -2.22. The van der Waals surface area contributed by atoms with Gasteiger partial charge in [0.25, 0.3) is 0 Å². The Labute approximate surface area is 79.3 Å². The minimum absolute atomic E-state index is 0.132. The Morgan fingerprint density at radius 1 is 1.50 bits per heavy atom. The van der Waals surface area contributed by atoms with Crippen molar-refractivity contribution in [1.82, 2.24) is 0 Å². The number of hydrogen-bond donors (Lipinski definition) is 2. The van der Waals surface area contributed by atoms with Crippen molar-refractivity contribution >= 4 is 17.7 Å². The molecule has 12 heavy (non-hydrogen) atoms. The van der Waals surface area contributed by atoms with E-state index in [4.69, 9.17) is 11.5 Å². The van der Waals surface area contributed by atoms with E-state index in [-0.39, 0.29) is 17.1 Å². The monoisotopic (exact) mass is 189 g/mol. The highest BCUT2D eigenvalue weighted by Gasteiger charge is 2.13. The maximum absolute atomic E-state index is 10.9. The van der Waals surface area contributed by atoms with Crippen LogP contribution in [-0.2, 0) is 17.4 Å². The molecule has 0 saturated carbocycles. The smallest absolute Gasteiger partial charge is 0.0166 e. The van der Waals surface area contributed by atoms with Crippen molar-refractivity contribution in [2.24, 2.45) is 17.4 Å². The molecule has 0 aromatic rings. The summed E-state index contributed by atoms with van der Waals surface area (Å²) < 4.78 is 0. The van der Waals surface area contributed by atoms with Gasteiger partial charge in [0, 0.05) is 17.1 Å². The van der Waals surface area contributed by atoms with Crippen LogP contribution in [0.4, 0.5) is 0 Å². The Morgan fingerprint density at radius 3 is 2.42 bits per heavy atom. The number of unbranched alkanes of at least 4 members (excludes halogenated alkanes) is 1. The van der Waals surface area contributed by atoms with E-state index in [0.717, 1.165) is 19.3 Å². The van der Waals surface area contributed by atoms with Crippen LogP contribution in [0.25, 0.3) is 0 Å². The molecule has 2 atom stereocenters. The van der Waals surface area contributed by atoms with Crippen LogP contribution in [0.3, 0.4) is 0 Å². The molecule has 4 heteroatoms. The zero-order valence-corrected chi connectivity index (χ0v) is 8.27. The van der Waals surface area contributed by atoms with E-state index in [1.165, 1.54) is 0 Å². The molecule has 0 aliphatic carbocycles. The Bertz CT molecular complexity index is 139. The van der Waals surface area contributed by atoms with E-state index < -0.39 is 0 Å². The highest BCUT2D eigenvalue weighted by atomic mass is 32.1. The van der Waals surface area contributed by atoms with Crippen molar-refractivity contribution in [2.45, 2.75) is 32.2 Å². The number of hydrogen-bond acceptors (Lipinski definition) is 4. The Hall–Kier alpha value is -0.190. The first-order valence-corrected chi connectivity index (χ1v) is 4.67. The molecule has 0 heterocycles. The van der Waals surface area contributed by atoms with E-state index in [2.05, 4.69) is 12.6 Å². The summed E-state index contributed by atoms with van der Waals surface area (Å²) in [4.78, 5) is 10.9. The highest BCUT2D eigenvalue weighted by molar-refractivity contribution is 7.77. The number of carbonyl (C=O) groups is 1. The van der Waals surface area contributed by atoms with Gasteiger partial charge in [0.15, 0.2) is 0 Å². The van der Waals surface area contributed by atoms with E-state index in [0.29, 0.717) is 6.54 Å². The first kappa shape index (κ1) is 11.8. The molecule has 0 aliphatic rings. The minimum Gasteiger partial charge on any atom is -0.742 e. The molecule has 3 nitrogen and oxygen atoms in total. The molecule has 0 rings (SSSR count). The maximum Gasteiger partial charge on any atom is 0.0166 e. The van der Waals surface area contributed by atoms with Gasteiger partial charge in [-0.05, 0) is 26.3 Å². The fourth-order valence-corrected chi connectivity index (χ4v) is 1.44. The second-order valence-corrected chi connectivity index (χ2v) is 3.47. The lowest BCUT2D eigenvalue weighted by molar-refractivity contribution is -0.114. The first-order chi connectivity index (χ1) is 5.59. The van der Waals surface area contributed by atoms with Gasteiger partial charge in [-0.1, -0.05) is 6.42 Å². The predicted octanol–water partition coefficient (Wildman–Crippen LogP) is 0.152. The molecule has 0 amide bonds. The zero-order chi connectivity index (χ0) is 9.56. The third-order valence-corrected chi connectivity index (χ3v) is 2.21. The molecule has 2 unspecified atom stereocenters. The molecular formula is C8H17N2OS-. The van der Waals surface area contributed by atoms with Gasteiger partial charge in [-0.25, -0.2) is 0 Å². The van der Waals surface area contributed by atoms with E-state index >= 15 is 0 Å². The molecule has 0 spiro atoms. The van der Waals surface area contributed by atoms with Crippen molar-refractivity contribution in [3.05, 3.63) is 0 Å². The number of rotatable bonds is 6. The van der Waals surface area contributed by atoms with Crippen molar-refractivity contribution in [1.29, 1.82) is 0 Å². The van der Waals surface area contributed by atoms with Gasteiger partial charge in [-0.3, -0.25) is 0 Å². The third-order valence-electron chi connectivity index (χ3n) is 1.91. The fraction of sp³-hybridized carbons (Fsp3) is 0.875. The summed E-state index contributed by atoms with van der Waals surface area (Å²) in [6.45, 7) is 2.48. The molecule has 0 aliphatic heterocycles.